The molecule has 3 N–H and O–H groups in total. The van der Waals surface area contributed by atoms with E-state index >= 15 is 0 Å². The number of hydrogen-bond acceptors (Lipinski definition) is 5. The van der Waals surface area contributed by atoms with E-state index in [2.05, 4.69) is 55.6 Å². The van der Waals surface area contributed by atoms with Crippen LogP contribution in [0.3, 0.4) is 0 Å². The number of esters is 1. The summed E-state index contributed by atoms with van der Waals surface area (Å²) in [4.78, 5) is 24.6. The molecule has 1 amide bonds. The molecule has 0 rings (SSSR count). The van der Waals surface area contributed by atoms with Crippen molar-refractivity contribution in [2.45, 2.75) is 418 Å². The molecule has 81 heavy (non-hydrogen) atoms. The maximum Gasteiger partial charge on any atom is 0.305 e. The number of nitrogens with one attached hydrogen (secondary N) is 1. The molecule has 0 bridgehead atoms. The topological polar surface area (TPSA) is 95.9 Å². The molecule has 0 saturated carbocycles. The number of ether oxygens (including phenoxy) is 1. The average Bonchev–Trinajstić information content (AvgIpc) is 3.47. The fraction of sp³-hybridized carbons (Fsp3) is 0.893. The molecule has 0 radical (unpaired) electrons. The summed E-state index contributed by atoms with van der Waals surface area (Å²) in [6, 6.07) is -0.543. The Kier molecular flexibility index (Phi) is 68.9. The van der Waals surface area contributed by atoms with Gasteiger partial charge in [0.25, 0.3) is 0 Å². The van der Waals surface area contributed by atoms with Crippen LogP contribution in [0.15, 0.2) is 36.5 Å². The summed E-state index contributed by atoms with van der Waals surface area (Å²) in [5, 5.41) is 23.4. The standard InChI is InChI=1S/C75H143NO5/c1-3-5-7-9-11-13-15-17-19-21-33-37-41-45-49-53-57-61-65-69-75(80)81-70-66-62-58-54-50-46-42-38-35-32-30-28-26-24-22-23-25-27-29-31-34-36-40-44-48-52-56-60-64-68-74(79)76-72(71-77)73(78)67-63-59-55-51-47-43-39-20-18-16-14-12-10-8-6-4-2/h17,19,22,24,28,30,72-73,77-78H,3-16,18,20-21,23,25-27,29,31-71H2,1-2H3,(H,76,79)/b19-17-,24-22-,30-28-. The first-order chi connectivity index (χ1) is 40.0. The number of aliphatic hydroxyl groups is 2. The molecule has 0 aromatic rings. The van der Waals surface area contributed by atoms with Gasteiger partial charge in [-0.2, -0.15) is 0 Å². The van der Waals surface area contributed by atoms with Gasteiger partial charge in [-0.15, -0.1) is 0 Å². The lowest BCUT2D eigenvalue weighted by atomic mass is 10.0. The van der Waals surface area contributed by atoms with Gasteiger partial charge in [0.2, 0.25) is 5.91 Å². The van der Waals surface area contributed by atoms with Crippen LogP contribution in [0.2, 0.25) is 0 Å². The second-order valence-electron chi connectivity index (χ2n) is 25.3. The lowest BCUT2D eigenvalue weighted by Crippen LogP contribution is -2.45. The molecule has 0 aliphatic rings. The molecule has 2 atom stereocenters. The Morgan fingerprint density at radius 3 is 0.951 bits per heavy atom. The van der Waals surface area contributed by atoms with Gasteiger partial charge in [0, 0.05) is 12.8 Å². The van der Waals surface area contributed by atoms with Gasteiger partial charge in [-0.25, -0.2) is 0 Å². The van der Waals surface area contributed by atoms with Gasteiger partial charge in [-0.05, 0) is 83.5 Å². The smallest absolute Gasteiger partial charge is 0.305 e. The monoisotopic (exact) mass is 1140 g/mol. The number of allylic oxidation sites excluding steroid dienone is 6. The molecule has 0 aromatic heterocycles. The molecule has 0 aliphatic carbocycles. The van der Waals surface area contributed by atoms with Gasteiger partial charge in [-0.1, -0.05) is 346 Å². The summed E-state index contributed by atoms with van der Waals surface area (Å²) in [6.07, 6.45) is 90.6. The minimum atomic E-state index is -0.665. The zero-order valence-corrected chi connectivity index (χ0v) is 54.8. The van der Waals surface area contributed by atoms with Crippen molar-refractivity contribution in [2.24, 2.45) is 0 Å². The van der Waals surface area contributed by atoms with Gasteiger partial charge in [0.05, 0.1) is 25.4 Å². The van der Waals surface area contributed by atoms with Crippen LogP contribution in [-0.2, 0) is 14.3 Å². The Hall–Kier alpha value is -1.92. The normalized spacial score (nSPS) is 12.7. The quantitative estimate of drug-likeness (QED) is 0.0320. The van der Waals surface area contributed by atoms with Gasteiger partial charge < -0.3 is 20.3 Å². The molecule has 0 spiro atoms. The van der Waals surface area contributed by atoms with Gasteiger partial charge in [-0.3, -0.25) is 9.59 Å². The van der Waals surface area contributed by atoms with Gasteiger partial charge >= 0.3 is 5.97 Å². The van der Waals surface area contributed by atoms with Gasteiger partial charge in [0.1, 0.15) is 0 Å². The number of rotatable bonds is 69. The van der Waals surface area contributed by atoms with Crippen LogP contribution < -0.4 is 5.32 Å². The second-order valence-corrected chi connectivity index (χ2v) is 25.3. The molecule has 478 valence electrons. The number of unbranched alkanes of at least 4 members (excludes halogenated alkanes) is 52. The average molecular weight is 1140 g/mol. The molecule has 0 aromatic carbocycles. The SMILES string of the molecule is CCCCCCCC/C=C\CCCCCCCCCCCC(=O)OCCCCCCCCCCC/C=C\C/C=C\CCCCCCCCCCCCCCCC(=O)NC(CO)C(O)CCCCCCCCCCCCCCCCCC. The van der Waals surface area contributed by atoms with Gasteiger partial charge in [0.15, 0.2) is 0 Å². The number of carbonyl (C=O) groups excluding carboxylic acids is 2. The minimum Gasteiger partial charge on any atom is -0.466 e. The Balaban J connectivity index is 3.39. The molecule has 6 heteroatoms. The van der Waals surface area contributed by atoms with Crippen molar-refractivity contribution >= 4 is 11.9 Å². The Morgan fingerprint density at radius 2 is 0.617 bits per heavy atom. The first-order valence-corrected chi connectivity index (χ1v) is 36.7. The van der Waals surface area contributed by atoms with E-state index in [9.17, 15) is 19.8 Å². The summed E-state index contributed by atoms with van der Waals surface area (Å²) >= 11 is 0. The molecule has 2 unspecified atom stereocenters. The van der Waals surface area contributed by atoms with Crippen molar-refractivity contribution in [3.8, 4) is 0 Å². The summed E-state index contributed by atoms with van der Waals surface area (Å²) in [7, 11) is 0. The van der Waals surface area contributed by atoms with Crippen molar-refractivity contribution in [3.63, 3.8) is 0 Å². The highest BCUT2D eigenvalue weighted by Gasteiger charge is 2.20. The van der Waals surface area contributed by atoms with Crippen molar-refractivity contribution < 1.29 is 24.5 Å². The molecule has 0 heterocycles. The maximum atomic E-state index is 12.5. The van der Waals surface area contributed by atoms with E-state index in [1.54, 1.807) is 0 Å². The van der Waals surface area contributed by atoms with Crippen LogP contribution in [0.25, 0.3) is 0 Å². The largest absolute Gasteiger partial charge is 0.466 e. The Morgan fingerprint density at radius 1 is 0.346 bits per heavy atom. The van der Waals surface area contributed by atoms with Crippen LogP contribution >= 0.6 is 0 Å². The zero-order chi connectivity index (χ0) is 58.5. The van der Waals surface area contributed by atoms with E-state index in [1.807, 2.05) is 0 Å². The van der Waals surface area contributed by atoms with Crippen LogP contribution in [0, 0.1) is 0 Å². The molecular formula is C75H143NO5. The summed E-state index contributed by atoms with van der Waals surface area (Å²) < 4.78 is 5.51. The minimum absolute atomic E-state index is 0.0122. The highest BCUT2D eigenvalue weighted by atomic mass is 16.5. The third-order valence-electron chi connectivity index (χ3n) is 17.2. The summed E-state index contributed by atoms with van der Waals surface area (Å²) in [5.41, 5.74) is 0. The first-order valence-electron chi connectivity index (χ1n) is 36.7. The van der Waals surface area contributed by atoms with E-state index in [4.69, 9.17) is 4.74 Å². The first kappa shape index (κ1) is 79.1. The maximum absolute atomic E-state index is 12.5. The Bertz CT molecular complexity index is 1310. The van der Waals surface area contributed by atoms with E-state index in [0.717, 1.165) is 51.4 Å². The van der Waals surface area contributed by atoms with E-state index < -0.39 is 12.1 Å². The molecular weight excluding hydrogens is 995 g/mol. The number of carbonyl (C=O) groups is 2. The highest BCUT2D eigenvalue weighted by molar-refractivity contribution is 5.76. The van der Waals surface area contributed by atoms with E-state index in [0.29, 0.717) is 25.9 Å². The fourth-order valence-electron chi connectivity index (χ4n) is 11.6. The molecule has 0 fully saturated rings. The van der Waals surface area contributed by atoms with Crippen LogP contribution in [-0.4, -0.2) is 47.4 Å². The molecule has 6 nitrogen and oxygen atoms in total. The van der Waals surface area contributed by atoms with Crippen molar-refractivity contribution in [1.29, 1.82) is 0 Å². The molecule has 0 saturated heterocycles. The van der Waals surface area contributed by atoms with Crippen LogP contribution in [0.5, 0.6) is 0 Å². The van der Waals surface area contributed by atoms with E-state index in [-0.39, 0.29) is 18.5 Å². The number of amides is 1. The van der Waals surface area contributed by atoms with Crippen molar-refractivity contribution in [3.05, 3.63) is 36.5 Å². The van der Waals surface area contributed by atoms with E-state index in [1.165, 1.54) is 321 Å². The Labute approximate surface area is 506 Å². The van der Waals surface area contributed by atoms with Crippen LogP contribution in [0.4, 0.5) is 0 Å². The summed E-state index contributed by atoms with van der Waals surface area (Å²) in [5.74, 6) is -0.0209. The highest BCUT2D eigenvalue weighted by Crippen LogP contribution is 2.19. The van der Waals surface area contributed by atoms with Crippen molar-refractivity contribution in [1.82, 2.24) is 5.32 Å². The lowest BCUT2D eigenvalue weighted by molar-refractivity contribution is -0.143. The third-order valence-corrected chi connectivity index (χ3v) is 17.2. The fourth-order valence-corrected chi connectivity index (χ4v) is 11.6. The zero-order valence-electron chi connectivity index (χ0n) is 54.8. The van der Waals surface area contributed by atoms with Crippen LogP contribution in [0.1, 0.15) is 406 Å². The third kappa shape index (κ3) is 67.1. The second kappa shape index (κ2) is 70.6. The number of hydrogen-bond donors (Lipinski definition) is 3. The number of aliphatic hydroxyl groups excluding tert-OH is 2. The summed E-state index contributed by atoms with van der Waals surface area (Å²) in [6.45, 7) is 4.98. The predicted octanol–water partition coefficient (Wildman–Crippen LogP) is 23.9. The predicted molar refractivity (Wildman–Crippen MR) is 356 cm³/mol. The molecule has 0 aliphatic heterocycles. The lowest BCUT2D eigenvalue weighted by Gasteiger charge is -2.22. The van der Waals surface area contributed by atoms with Crippen molar-refractivity contribution in [2.75, 3.05) is 13.2 Å².